The van der Waals surface area contributed by atoms with Crippen molar-refractivity contribution in [3.8, 4) is 0 Å². The average molecular weight is 903 g/mol. The van der Waals surface area contributed by atoms with Gasteiger partial charge in [-0.2, -0.15) is 0 Å². The molecule has 0 N–H and O–H groups in total. The van der Waals surface area contributed by atoms with Crippen LogP contribution in [0.1, 0.15) is 239 Å². The first kappa shape index (κ1) is 61.3. The molecule has 0 bridgehead atoms. The van der Waals surface area contributed by atoms with E-state index in [4.69, 9.17) is 14.2 Å². The Morgan fingerprint density at radius 1 is 0.308 bits per heavy atom. The molecular weight excluding hydrogens is 805 g/mol. The van der Waals surface area contributed by atoms with Crippen LogP contribution in [0.4, 0.5) is 0 Å². The normalized spacial score (nSPS) is 12.8. The molecule has 0 rings (SSSR count). The van der Waals surface area contributed by atoms with Crippen molar-refractivity contribution in [1.82, 2.24) is 0 Å². The minimum Gasteiger partial charge on any atom is -0.462 e. The predicted octanol–water partition coefficient (Wildman–Crippen LogP) is 17.8. The topological polar surface area (TPSA) is 78.9 Å². The average Bonchev–Trinajstić information content (AvgIpc) is 3.30. The molecule has 6 nitrogen and oxygen atoms in total. The van der Waals surface area contributed by atoms with Gasteiger partial charge in [0.1, 0.15) is 13.2 Å². The highest BCUT2D eigenvalue weighted by atomic mass is 16.6. The third-order valence-corrected chi connectivity index (χ3v) is 11.2. The van der Waals surface area contributed by atoms with Crippen molar-refractivity contribution < 1.29 is 28.6 Å². The highest BCUT2D eigenvalue weighted by Crippen LogP contribution is 2.13. The first-order valence-electron chi connectivity index (χ1n) is 26.8. The first-order chi connectivity index (χ1) is 32.0. The van der Waals surface area contributed by atoms with Crippen LogP contribution in [0.2, 0.25) is 0 Å². The lowest BCUT2D eigenvalue weighted by atomic mass is 10.1. The molecule has 0 aromatic heterocycles. The Hall–Kier alpha value is -3.67. The Kier molecular flexibility index (Phi) is 50.0. The van der Waals surface area contributed by atoms with E-state index in [0.29, 0.717) is 12.8 Å². The van der Waals surface area contributed by atoms with Crippen molar-refractivity contribution in [2.75, 3.05) is 13.2 Å². The molecule has 0 aliphatic carbocycles. The van der Waals surface area contributed by atoms with E-state index in [1.54, 1.807) is 0 Å². The molecule has 0 aromatic carbocycles. The first-order valence-corrected chi connectivity index (χ1v) is 26.8. The molecule has 65 heavy (non-hydrogen) atoms. The molecule has 0 saturated heterocycles. The standard InChI is InChI=1S/C59H98O6/c1-4-7-10-13-16-19-22-25-27-29-30-32-34-37-40-43-46-49-52-58(61)64-55-56(54-63-57(60)51-48-45-42-39-36-33-24-21-18-15-12-9-6-3)65-59(62)53-50-47-44-41-38-35-31-28-26-23-20-17-14-11-8-5-2/h10,13,16,19,22,25,27-33,35-36,38,56H,4-9,11-12,14-15,17-18,20-21,23-24,26,34,37,39-55H2,1-3H3/b13-10-,19-16-,25-22-,29-27-,31-28-,32-30-,36-33-,38-35-. The van der Waals surface area contributed by atoms with Gasteiger partial charge in [-0.25, -0.2) is 0 Å². The second-order valence-corrected chi connectivity index (χ2v) is 17.6. The van der Waals surface area contributed by atoms with Crippen molar-refractivity contribution in [3.63, 3.8) is 0 Å². The van der Waals surface area contributed by atoms with Gasteiger partial charge < -0.3 is 14.2 Å². The van der Waals surface area contributed by atoms with Crippen LogP contribution in [-0.2, 0) is 28.6 Å². The van der Waals surface area contributed by atoms with Crippen molar-refractivity contribution >= 4 is 17.9 Å². The van der Waals surface area contributed by atoms with E-state index in [9.17, 15) is 14.4 Å². The Bertz CT molecular complexity index is 1310. The molecular formula is C59H98O6. The number of unbranched alkanes of at least 4 members (excludes halogenated alkanes) is 25. The van der Waals surface area contributed by atoms with Gasteiger partial charge >= 0.3 is 17.9 Å². The SMILES string of the molecule is CCC\C=C/C=C\C=C/C=C\C=C/CCCCCCCC(=O)OCC(COC(=O)CCCCC/C=C\CCCCCCCC)OC(=O)CCCCC/C=C\C=C/CCCCCCCCC. The largest absolute Gasteiger partial charge is 0.462 e. The van der Waals surface area contributed by atoms with Crippen LogP contribution in [0.3, 0.4) is 0 Å². The highest BCUT2D eigenvalue weighted by molar-refractivity contribution is 5.71. The van der Waals surface area contributed by atoms with E-state index in [0.717, 1.165) is 109 Å². The molecule has 0 radical (unpaired) electrons. The number of allylic oxidation sites excluding steroid dienone is 16. The quantitative estimate of drug-likeness (QED) is 0.0199. The van der Waals surface area contributed by atoms with Gasteiger partial charge in [0.15, 0.2) is 6.10 Å². The van der Waals surface area contributed by atoms with Gasteiger partial charge in [0.25, 0.3) is 0 Å². The van der Waals surface area contributed by atoms with Crippen LogP contribution < -0.4 is 0 Å². The molecule has 0 amide bonds. The molecule has 0 heterocycles. The van der Waals surface area contributed by atoms with E-state index >= 15 is 0 Å². The number of hydrogen-bond donors (Lipinski definition) is 0. The van der Waals surface area contributed by atoms with E-state index < -0.39 is 6.10 Å². The van der Waals surface area contributed by atoms with Gasteiger partial charge in [-0.3, -0.25) is 14.4 Å². The van der Waals surface area contributed by atoms with Crippen LogP contribution in [0.25, 0.3) is 0 Å². The van der Waals surface area contributed by atoms with E-state index in [2.05, 4.69) is 93.7 Å². The second-order valence-electron chi connectivity index (χ2n) is 17.6. The summed E-state index contributed by atoms with van der Waals surface area (Å²) in [6.07, 6.45) is 69.6. The summed E-state index contributed by atoms with van der Waals surface area (Å²) < 4.78 is 16.8. The minimum absolute atomic E-state index is 0.106. The zero-order valence-corrected chi connectivity index (χ0v) is 42.2. The Morgan fingerprint density at radius 2 is 0.600 bits per heavy atom. The summed E-state index contributed by atoms with van der Waals surface area (Å²) in [5, 5.41) is 0. The second kappa shape index (κ2) is 52.9. The lowest BCUT2D eigenvalue weighted by Gasteiger charge is -2.18. The molecule has 370 valence electrons. The number of rotatable bonds is 47. The molecule has 0 aliphatic heterocycles. The van der Waals surface area contributed by atoms with Crippen molar-refractivity contribution in [2.24, 2.45) is 0 Å². The lowest BCUT2D eigenvalue weighted by molar-refractivity contribution is -0.167. The van der Waals surface area contributed by atoms with Crippen LogP contribution >= 0.6 is 0 Å². The molecule has 0 saturated carbocycles. The number of ether oxygens (including phenoxy) is 3. The maximum absolute atomic E-state index is 12.8. The fourth-order valence-electron chi connectivity index (χ4n) is 7.10. The van der Waals surface area contributed by atoms with E-state index in [1.807, 2.05) is 24.3 Å². The van der Waals surface area contributed by atoms with Gasteiger partial charge in [0.2, 0.25) is 0 Å². The molecule has 0 aliphatic rings. The van der Waals surface area contributed by atoms with Crippen LogP contribution in [0.5, 0.6) is 0 Å². The van der Waals surface area contributed by atoms with Crippen molar-refractivity contribution in [1.29, 1.82) is 0 Å². The Balaban J connectivity index is 4.51. The summed E-state index contributed by atoms with van der Waals surface area (Å²) in [6, 6.07) is 0. The summed E-state index contributed by atoms with van der Waals surface area (Å²) in [6.45, 7) is 6.47. The van der Waals surface area contributed by atoms with Gasteiger partial charge in [-0.1, -0.05) is 227 Å². The zero-order valence-electron chi connectivity index (χ0n) is 42.2. The monoisotopic (exact) mass is 903 g/mol. The molecule has 6 heteroatoms. The molecule has 0 fully saturated rings. The summed E-state index contributed by atoms with van der Waals surface area (Å²) in [5.41, 5.74) is 0. The Morgan fingerprint density at radius 3 is 1.00 bits per heavy atom. The maximum atomic E-state index is 12.8. The van der Waals surface area contributed by atoms with Gasteiger partial charge in [-0.15, -0.1) is 0 Å². The predicted molar refractivity (Wildman–Crippen MR) is 279 cm³/mol. The van der Waals surface area contributed by atoms with Gasteiger partial charge in [0, 0.05) is 19.3 Å². The van der Waals surface area contributed by atoms with Crippen molar-refractivity contribution in [3.05, 3.63) is 97.2 Å². The summed E-state index contributed by atoms with van der Waals surface area (Å²) in [4.78, 5) is 38.0. The molecule has 0 spiro atoms. The molecule has 0 aromatic rings. The van der Waals surface area contributed by atoms with Gasteiger partial charge in [-0.05, 0) is 89.9 Å². The highest BCUT2D eigenvalue weighted by Gasteiger charge is 2.19. The fraction of sp³-hybridized carbons (Fsp3) is 0.678. The van der Waals surface area contributed by atoms with Gasteiger partial charge in [0.05, 0.1) is 0 Å². The van der Waals surface area contributed by atoms with Crippen LogP contribution in [0.15, 0.2) is 97.2 Å². The summed E-state index contributed by atoms with van der Waals surface area (Å²) in [7, 11) is 0. The number of carbonyl (C=O) groups is 3. The lowest BCUT2D eigenvalue weighted by Crippen LogP contribution is -2.30. The summed E-state index contributed by atoms with van der Waals surface area (Å²) >= 11 is 0. The third-order valence-electron chi connectivity index (χ3n) is 11.2. The van der Waals surface area contributed by atoms with E-state index in [1.165, 1.54) is 89.9 Å². The number of esters is 3. The van der Waals surface area contributed by atoms with E-state index in [-0.39, 0.29) is 37.5 Å². The minimum atomic E-state index is -0.809. The maximum Gasteiger partial charge on any atom is 0.306 e. The summed E-state index contributed by atoms with van der Waals surface area (Å²) in [5.74, 6) is -0.974. The fourth-order valence-corrected chi connectivity index (χ4v) is 7.10. The number of carbonyl (C=O) groups excluding carboxylic acids is 3. The zero-order chi connectivity index (χ0) is 47.2. The molecule has 1 unspecified atom stereocenters. The molecule has 1 atom stereocenters. The number of hydrogen-bond acceptors (Lipinski definition) is 6. The Labute approximate surface area is 400 Å². The van der Waals surface area contributed by atoms with Crippen LogP contribution in [0, 0.1) is 0 Å². The smallest absolute Gasteiger partial charge is 0.306 e. The third kappa shape index (κ3) is 51.2. The van der Waals surface area contributed by atoms with Crippen molar-refractivity contribution in [2.45, 2.75) is 245 Å². The van der Waals surface area contributed by atoms with Crippen LogP contribution in [-0.4, -0.2) is 37.2 Å².